The topological polar surface area (TPSA) is 66.8 Å². The van der Waals surface area contributed by atoms with Crippen molar-refractivity contribution in [3.63, 3.8) is 0 Å². The van der Waals surface area contributed by atoms with Crippen molar-refractivity contribution in [2.45, 2.75) is 38.5 Å². The minimum absolute atomic E-state index is 0.209. The van der Waals surface area contributed by atoms with Gasteiger partial charge in [0.25, 0.3) is 0 Å². The number of hydrogen-bond donors (Lipinski definition) is 2. The molecule has 0 saturated heterocycles. The Hall–Kier alpha value is -1.71. The Balaban J connectivity index is 1.97. The van der Waals surface area contributed by atoms with Crippen molar-refractivity contribution in [1.82, 2.24) is 0 Å². The van der Waals surface area contributed by atoms with E-state index in [4.69, 9.17) is 9.84 Å². The zero-order valence-corrected chi connectivity index (χ0v) is 10.5. The third-order valence-corrected chi connectivity index (χ3v) is 2.62. The third-order valence-electron chi connectivity index (χ3n) is 2.62. The SMILES string of the molecule is O=C(O)CCCCCCCOc1cccc(O)c1. The lowest BCUT2D eigenvalue weighted by molar-refractivity contribution is -0.137. The van der Waals surface area contributed by atoms with Crippen LogP contribution in [0.3, 0.4) is 0 Å². The molecule has 4 heteroatoms. The van der Waals surface area contributed by atoms with Crippen LogP contribution < -0.4 is 4.74 Å². The van der Waals surface area contributed by atoms with Gasteiger partial charge in [-0.05, 0) is 25.0 Å². The molecule has 100 valence electrons. The summed E-state index contributed by atoms with van der Waals surface area (Å²) in [6, 6.07) is 6.76. The Labute approximate surface area is 107 Å². The summed E-state index contributed by atoms with van der Waals surface area (Å²) in [7, 11) is 0. The highest BCUT2D eigenvalue weighted by atomic mass is 16.5. The fraction of sp³-hybridized carbons (Fsp3) is 0.500. The maximum Gasteiger partial charge on any atom is 0.303 e. The molecule has 1 aromatic carbocycles. The molecule has 1 aromatic rings. The molecule has 1 rings (SSSR count). The molecule has 0 radical (unpaired) electrons. The second-order valence-corrected chi connectivity index (χ2v) is 4.26. The van der Waals surface area contributed by atoms with Gasteiger partial charge in [0.15, 0.2) is 0 Å². The summed E-state index contributed by atoms with van der Waals surface area (Å²) in [6.07, 6.45) is 5.00. The van der Waals surface area contributed by atoms with Crippen LogP contribution in [0.2, 0.25) is 0 Å². The first-order chi connectivity index (χ1) is 8.68. The van der Waals surface area contributed by atoms with Crippen molar-refractivity contribution < 1.29 is 19.7 Å². The number of unbranched alkanes of at least 4 members (excludes halogenated alkanes) is 4. The van der Waals surface area contributed by atoms with E-state index >= 15 is 0 Å². The maximum atomic E-state index is 10.3. The average molecular weight is 252 g/mol. The lowest BCUT2D eigenvalue weighted by Crippen LogP contribution is -1.97. The van der Waals surface area contributed by atoms with Gasteiger partial charge in [0.2, 0.25) is 0 Å². The van der Waals surface area contributed by atoms with Crippen LogP contribution in [-0.4, -0.2) is 22.8 Å². The molecule has 0 amide bonds. The van der Waals surface area contributed by atoms with Crippen LogP contribution in [0, 0.1) is 0 Å². The minimum atomic E-state index is -0.720. The number of carboxylic acid groups (broad SMARTS) is 1. The lowest BCUT2D eigenvalue weighted by atomic mass is 10.1. The fourth-order valence-corrected chi connectivity index (χ4v) is 1.67. The largest absolute Gasteiger partial charge is 0.508 e. The summed E-state index contributed by atoms with van der Waals surface area (Å²) < 4.78 is 5.48. The molecule has 0 aliphatic rings. The van der Waals surface area contributed by atoms with Crippen molar-refractivity contribution >= 4 is 5.97 Å². The van der Waals surface area contributed by atoms with E-state index in [1.54, 1.807) is 18.2 Å². The predicted octanol–water partition coefficient (Wildman–Crippen LogP) is 3.20. The number of benzene rings is 1. The highest BCUT2D eigenvalue weighted by molar-refractivity contribution is 5.66. The van der Waals surface area contributed by atoms with Crippen molar-refractivity contribution in [3.8, 4) is 11.5 Å². The van der Waals surface area contributed by atoms with Crippen LogP contribution in [0.1, 0.15) is 38.5 Å². The van der Waals surface area contributed by atoms with Gasteiger partial charge in [-0.3, -0.25) is 4.79 Å². The summed E-state index contributed by atoms with van der Waals surface area (Å²) >= 11 is 0. The van der Waals surface area contributed by atoms with Gasteiger partial charge in [0, 0.05) is 12.5 Å². The third kappa shape index (κ3) is 6.78. The van der Waals surface area contributed by atoms with E-state index in [-0.39, 0.29) is 12.2 Å². The van der Waals surface area contributed by atoms with Crippen molar-refractivity contribution in [3.05, 3.63) is 24.3 Å². The number of carboxylic acids is 1. The van der Waals surface area contributed by atoms with Gasteiger partial charge in [-0.25, -0.2) is 0 Å². The van der Waals surface area contributed by atoms with Gasteiger partial charge in [0.1, 0.15) is 11.5 Å². The maximum absolute atomic E-state index is 10.3. The summed E-state index contributed by atoms with van der Waals surface area (Å²) in [6.45, 7) is 0.627. The molecule has 0 aliphatic carbocycles. The normalized spacial score (nSPS) is 10.2. The Kier molecular flexibility index (Phi) is 6.69. The molecule has 0 aromatic heterocycles. The number of aliphatic carboxylic acids is 1. The van der Waals surface area contributed by atoms with E-state index < -0.39 is 5.97 Å². The summed E-state index contributed by atoms with van der Waals surface area (Å²) in [5.41, 5.74) is 0. The van der Waals surface area contributed by atoms with Gasteiger partial charge in [-0.2, -0.15) is 0 Å². The number of carbonyl (C=O) groups is 1. The zero-order chi connectivity index (χ0) is 13.2. The predicted molar refractivity (Wildman–Crippen MR) is 68.9 cm³/mol. The molecular weight excluding hydrogens is 232 g/mol. The molecule has 0 atom stereocenters. The number of hydrogen-bond acceptors (Lipinski definition) is 3. The summed E-state index contributed by atoms with van der Waals surface area (Å²) in [5.74, 6) is 0.171. The first-order valence-electron chi connectivity index (χ1n) is 6.32. The second kappa shape index (κ2) is 8.39. The summed E-state index contributed by atoms with van der Waals surface area (Å²) in [5, 5.41) is 17.7. The van der Waals surface area contributed by atoms with Crippen molar-refractivity contribution in [1.29, 1.82) is 0 Å². The molecule has 4 nitrogen and oxygen atoms in total. The van der Waals surface area contributed by atoms with Crippen LogP contribution in [0.4, 0.5) is 0 Å². The van der Waals surface area contributed by atoms with Crippen LogP contribution in [-0.2, 0) is 4.79 Å². The number of ether oxygens (including phenoxy) is 1. The highest BCUT2D eigenvalue weighted by Gasteiger charge is 1.97. The molecule has 0 heterocycles. The number of rotatable bonds is 9. The van der Waals surface area contributed by atoms with Crippen LogP contribution in [0.5, 0.6) is 11.5 Å². The standard InChI is InChI=1S/C14H20O4/c15-12-7-6-8-13(11-12)18-10-5-3-1-2-4-9-14(16)17/h6-8,11,15H,1-5,9-10H2,(H,16,17). The van der Waals surface area contributed by atoms with Gasteiger partial charge in [0.05, 0.1) is 6.61 Å². The van der Waals surface area contributed by atoms with E-state index in [2.05, 4.69) is 0 Å². The average Bonchev–Trinajstić information content (AvgIpc) is 2.32. The lowest BCUT2D eigenvalue weighted by Gasteiger charge is -2.06. The fourth-order valence-electron chi connectivity index (χ4n) is 1.67. The monoisotopic (exact) mass is 252 g/mol. The second-order valence-electron chi connectivity index (χ2n) is 4.26. The molecule has 0 unspecified atom stereocenters. The minimum Gasteiger partial charge on any atom is -0.508 e. The van der Waals surface area contributed by atoms with E-state index in [0.29, 0.717) is 12.4 Å². The quantitative estimate of drug-likeness (QED) is 0.662. The van der Waals surface area contributed by atoms with Crippen LogP contribution in [0.15, 0.2) is 24.3 Å². The number of aromatic hydroxyl groups is 1. The van der Waals surface area contributed by atoms with Crippen molar-refractivity contribution in [2.75, 3.05) is 6.61 Å². The molecule has 0 bridgehead atoms. The molecule has 0 saturated carbocycles. The first kappa shape index (κ1) is 14.4. The van der Waals surface area contributed by atoms with E-state index in [9.17, 15) is 9.90 Å². The number of phenolic OH excluding ortho intramolecular Hbond substituents is 1. The smallest absolute Gasteiger partial charge is 0.303 e. The zero-order valence-electron chi connectivity index (χ0n) is 10.5. The molecule has 0 spiro atoms. The first-order valence-corrected chi connectivity index (χ1v) is 6.32. The highest BCUT2D eigenvalue weighted by Crippen LogP contribution is 2.18. The van der Waals surface area contributed by atoms with E-state index in [1.165, 1.54) is 0 Å². The van der Waals surface area contributed by atoms with Crippen LogP contribution in [0.25, 0.3) is 0 Å². The van der Waals surface area contributed by atoms with Crippen molar-refractivity contribution in [2.24, 2.45) is 0 Å². The number of phenols is 1. The molecule has 18 heavy (non-hydrogen) atoms. The van der Waals surface area contributed by atoms with Gasteiger partial charge in [-0.15, -0.1) is 0 Å². The Morgan fingerprint density at radius 2 is 1.83 bits per heavy atom. The Morgan fingerprint density at radius 1 is 1.11 bits per heavy atom. The Morgan fingerprint density at radius 3 is 2.56 bits per heavy atom. The van der Waals surface area contributed by atoms with E-state index in [0.717, 1.165) is 32.1 Å². The van der Waals surface area contributed by atoms with Gasteiger partial charge in [-0.1, -0.05) is 25.3 Å². The summed E-state index contributed by atoms with van der Waals surface area (Å²) in [4.78, 5) is 10.3. The molecule has 0 fully saturated rings. The van der Waals surface area contributed by atoms with Gasteiger partial charge >= 0.3 is 5.97 Å². The van der Waals surface area contributed by atoms with Crippen LogP contribution >= 0.6 is 0 Å². The van der Waals surface area contributed by atoms with E-state index in [1.807, 2.05) is 6.07 Å². The van der Waals surface area contributed by atoms with Gasteiger partial charge < -0.3 is 14.9 Å². The molecule has 2 N–H and O–H groups in total. The molecular formula is C14H20O4. The molecule has 0 aliphatic heterocycles. The Bertz CT molecular complexity index is 363.